The summed E-state index contributed by atoms with van der Waals surface area (Å²) in [5.74, 6) is 0.712. The quantitative estimate of drug-likeness (QED) is 0.176. The van der Waals surface area contributed by atoms with Crippen LogP contribution in [-0.2, 0) is 5.41 Å². The van der Waals surface area contributed by atoms with E-state index in [2.05, 4.69) is 182 Å². The van der Waals surface area contributed by atoms with Gasteiger partial charge >= 0.3 is 0 Å². The largest absolute Gasteiger partial charge is 0.228 e. The van der Waals surface area contributed by atoms with Gasteiger partial charge in [-0.25, -0.2) is 9.97 Å². The normalized spacial score (nSPS) is 13.1. The van der Waals surface area contributed by atoms with Crippen LogP contribution in [0, 0.1) is 0 Å². The minimum atomic E-state index is -0.398. The summed E-state index contributed by atoms with van der Waals surface area (Å²) in [5.41, 5.74) is 17.3. The molecular weight excluding hydrogens is 697 g/mol. The number of aromatic nitrogens is 2. The molecule has 1 aromatic heterocycles. The standard InChI is InChI=1S/C53H34N2S/c1-3-14-35(15-4-1)36-26-30-38(31-27-36)48-34-49(55-52(54-48)40-16-5-2-6-17-40)39-32-28-37(29-33-39)41-20-13-24-47-51(41)56-50-25-12-11-23-46(50)53(47)44-21-9-7-18-42(44)43-19-8-10-22-45(43)53/h1-34H. The summed E-state index contributed by atoms with van der Waals surface area (Å²) in [4.78, 5) is 12.8. The molecule has 0 N–H and O–H groups in total. The smallest absolute Gasteiger partial charge is 0.160 e. The van der Waals surface area contributed by atoms with Gasteiger partial charge in [-0.2, -0.15) is 0 Å². The maximum atomic E-state index is 5.14. The second-order valence-corrected chi connectivity index (χ2v) is 15.5. The maximum absolute atomic E-state index is 5.14. The molecule has 1 aliphatic heterocycles. The van der Waals surface area contributed by atoms with Crippen LogP contribution in [0.2, 0.25) is 0 Å². The van der Waals surface area contributed by atoms with Crippen molar-refractivity contribution in [3.63, 3.8) is 0 Å². The Bertz CT molecular complexity index is 2870. The first-order chi connectivity index (χ1) is 27.8. The Hall–Kier alpha value is -6.81. The molecule has 262 valence electrons. The SMILES string of the molecule is c1ccc(-c2ccc(-c3cc(-c4ccc(-c5cccc6c5Sc5ccccc5C65c6ccccc6-c6ccccc65)cc4)nc(-c4ccccc4)n3)cc2)cc1. The van der Waals surface area contributed by atoms with E-state index in [1.54, 1.807) is 0 Å². The molecule has 0 saturated heterocycles. The van der Waals surface area contributed by atoms with Crippen LogP contribution in [-0.4, -0.2) is 9.97 Å². The van der Waals surface area contributed by atoms with Gasteiger partial charge < -0.3 is 0 Å². The van der Waals surface area contributed by atoms with Crippen molar-refractivity contribution in [2.24, 2.45) is 0 Å². The lowest BCUT2D eigenvalue weighted by atomic mass is 9.67. The molecule has 2 heterocycles. The maximum Gasteiger partial charge on any atom is 0.160 e. The fourth-order valence-corrected chi connectivity index (χ4v) is 10.2. The van der Waals surface area contributed by atoms with Gasteiger partial charge in [0.05, 0.1) is 16.8 Å². The third kappa shape index (κ3) is 5.12. The molecule has 0 unspecified atom stereocenters. The Labute approximate surface area is 331 Å². The van der Waals surface area contributed by atoms with Crippen LogP contribution in [0.3, 0.4) is 0 Å². The van der Waals surface area contributed by atoms with Crippen LogP contribution in [0.15, 0.2) is 216 Å². The zero-order valence-corrected chi connectivity index (χ0v) is 31.2. The molecule has 8 aromatic carbocycles. The van der Waals surface area contributed by atoms with Gasteiger partial charge in [-0.3, -0.25) is 0 Å². The van der Waals surface area contributed by atoms with Gasteiger partial charge in [0, 0.05) is 26.5 Å². The first-order valence-electron chi connectivity index (χ1n) is 19.1. The molecular formula is C53H34N2S. The lowest BCUT2D eigenvalue weighted by Crippen LogP contribution is -2.32. The fraction of sp³-hybridized carbons (Fsp3) is 0.0189. The van der Waals surface area contributed by atoms with E-state index < -0.39 is 5.41 Å². The summed E-state index contributed by atoms with van der Waals surface area (Å²) in [6, 6.07) is 74.3. The Morgan fingerprint density at radius 3 is 1.39 bits per heavy atom. The fourth-order valence-electron chi connectivity index (χ4n) is 8.85. The third-order valence-corrected chi connectivity index (χ3v) is 12.6. The summed E-state index contributed by atoms with van der Waals surface area (Å²) in [7, 11) is 0. The first-order valence-corrected chi connectivity index (χ1v) is 19.9. The van der Waals surface area contributed by atoms with Crippen molar-refractivity contribution in [2.45, 2.75) is 15.2 Å². The molecule has 0 amide bonds. The molecule has 3 heteroatoms. The lowest BCUT2D eigenvalue weighted by molar-refractivity contribution is 0.723. The van der Waals surface area contributed by atoms with E-state index in [1.807, 2.05) is 36.0 Å². The van der Waals surface area contributed by atoms with Crippen LogP contribution >= 0.6 is 11.8 Å². The van der Waals surface area contributed by atoms with Crippen molar-refractivity contribution in [3.8, 4) is 67.3 Å². The zero-order chi connectivity index (χ0) is 37.1. The molecule has 1 spiro atoms. The molecule has 2 nitrogen and oxygen atoms in total. The summed E-state index contributed by atoms with van der Waals surface area (Å²) >= 11 is 1.89. The Morgan fingerprint density at radius 2 is 0.768 bits per heavy atom. The van der Waals surface area contributed by atoms with E-state index in [0.717, 1.165) is 28.1 Å². The summed E-state index contributed by atoms with van der Waals surface area (Å²) in [6.07, 6.45) is 0. The van der Waals surface area contributed by atoms with Crippen molar-refractivity contribution in [3.05, 3.63) is 229 Å². The predicted molar refractivity (Wildman–Crippen MR) is 231 cm³/mol. The number of rotatable bonds is 5. The van der Waals surface area contributed by atoms with E-state index >= 15 is 0 Å². The van der Waals surface area contributed by atoms with Crippen LogP contribution in [0.25, 0.3) is 67.3 Å². The number of benzene rings is 8. The van der Waals surface area contributed by atoms with Crippen LogP contribution < -0.4 is 0 Å². The van der Waals surface area contributed by atoms with Gasteiger partial charge in [-0.15, -0.1) is 0 Å². The monoisotopic (exact) mass is 730 g/mol. The summed E-state index contributed by atoms with van der Waals surface area (Å²) in [5, 5.41) is 0. The molecule has 0 fully saturated rings. The number of hydrogen-bond acceptors (Lipinski definition) is 3. The van der Waals surface area contributed by atoms with Gasteiger partial charge in [0.25, 0.3) is 0 Å². The van der Waals surface area contributed by atoms with Crippen molar-refractivity contribution >= 4 is 11.8 Å². The van der Waals surface area contributed by atoms with Crippen molar-refractivity contribution < 1.29 is 0 Å². The lowest BCUT2D eigenvalue weighted by Gasteiger charge is -2.40. The van der Waals surface area contributed by atoms with Gasteiger partial charge in [0.2, 0.25) is 0 Å². The van der Waals surface area contributed by atoms with Gasteiger partial charge in [-0.05, 0) is 67.8 Å². The molecule has 0 saturated carbocycles. The second kappa shape index (κ2) is 13.2. The highest BCUT2D eigenvalue weighted by molar-refractivity contribution is 7.99. The molecule has 1 aliphatic carbocycles. The third-order valence-electron chi connectivity index (χ3n) is 11.4. The van der Waals surface area contributed by atoms with E-state index in [0.29, 0.717) is 5.82 Å². The van der Waals surface area contributed by atoms with Crippen molar-refractivity contribution in [1.82, 2.24) is 9.97 Å². The molecule has 2 aliphatic rings. The minimum absolute atomic E-state index is 0.398. The number of hydrogen-bond donors (Lipinski definition) is 0. The van der Waals surface area contributed by atoms with Gasteiger partial charge in [0.15, 0.2) is 5.82 Å². The van der Waals surface area contributed by atoms with E-state index in [-0.39, 0.29) is 0 Å². The van der Waals surface area contributed by atoms with Crippen LogP contribution in [0.4, 0.5) is 0 Å². The molecule has 9 aromatic rings. The summed E-state index contributed by atoms with van der Waals surface area (Å²) in [6.45, 7) is 0. The average molecular weight is 731 g/mol. The molecule has 0 bridgehead atoms. The minimum Gasteiger partial charge on any atom is -0.228 e. The summed E-state index contributed by atoms with van der Waals surface area (Å²) < 4.78 is 0. The first kappa shape index (κ1) is 32.6. The predicted octanol–water partition coefficient (Wildman–Crippen LogP) is 13.6. The van der Waals surface area contributed by atoms with E-state index in [4.69, 9.17) is 9.97 Å². The molecule has 0 atom stereocenters. The van der Waals surface area contributed by atoms with Crippen LogP contribution in [0.1, 0.15) is 22.3 Å². The van der Waals surface area contributed by atoms with Crippen molar-refractivity contribution in [2.75, 3.05) is 0 Å². The highest BCUT2D eigenvalue weighted by Gasteiger charge is 2.50. The molecule has 0 radical (unpaired) electrons. The van der Waals surface area contributed by atoms with E-state index in [9.17, 15) is 0 Å². The molecule has 11 rings (SSSR count). The number of fused-ring (bicyclic) bond motifs is 9. The zero-order valence-electron chi connectivity index (χ0n) is 30.4. The van der Waals surface area contributed by atoms with E-state index in [1.165, 1.54) is 65.4 Å². The van der Waals surface area contributed by atoms with Crippen molar-refractivity contribution in [1.29, 1.82) is 0 Å². The van der Waals surface area contributed by atoms with Gasteiger partial charge in [0.1, 0.15) is 0 Å². The Morgan fingerprint density at radius 1 is 0.321 bits per heavy atom. The second-order valence-electron chi connectivity index (χ2n) is 14.5. The highest BCUT2D eigenvalue weighted by atomic mass is 32.2. The van der Waals surface area contributed by atoms with Gasteiger partial charge in [-0.1, -0.05) is 206 Å². The van der Waals surface area contributed by atoms with Crippen LogP contribution in [0.5, 0.6) is 0 Å². The average Bonchev–Trinajstić information content (AvgIpc) is 3.57. The highest BCUT2D eigenvalue weighted by Crippen LogP contribution is 2.63. The Balaban J connectivity index is 1.02. The molecule has 56 heavy (non-hydrogen) atoms. The topological polar surface area (TPSA) is 25.8 Å². The number of nitrogens with zero attached hydrogens (tertiary/aromatic N) is 2. The Kier molecular flexibility index (Phi) is 7.68.